The average Bonchev–Trinajstić information content (AvgIpc) is 4.20. The van der Waals surface area contributed by atoms with Gasteiger partial charge in [-0.05, 0) is 75.9 Å². The highest BCUT2D eigenvalue weighted by molar-refractivity contribution is 5.86. The molecular formula is C52H62N12O5. The lowest BCUT2D eigenvalue weighted by molar-refractivity contribution is -0.129. The van der Waals surface area contributed by atoms with Gasteiger partial charge in [-0.1, -0.05) is 24.3 Å². The van der Waals surface area contributed by atoms with Crippen LogP contribution in [0.4, 0.5) is 11.4 Å². The van der Waals surface area contributed by atoms with Crippen LogP contribution in [-0.4, -0.2) is 129 Å². The van der Waals surface area contributed by atoms with Crippen LogP contribution in [-0.2, 0) is 14.4 Å². The Morgan fingerprint density at radius 1 is 0.623 bits per heavy atom. The Hall–Kier alpha value is -6.75. The van der Waals surface area contributed by atoms with Gasteiger partial charge in [-0.3, -0.25) is 14.4 Å². The van der Waals surface area contributed by atoms with Crippen molar-refractivity contribution in [3.63, 3.8) is 0 Å². The van der Waals surface area contributed by atoms with Gasteiger partial charge in [0.05, 0.1) is 35.1 Å². The van der Waals surface area contributed by atoms with E-state index in [4.69, 9.17) is 29.4 Å². The predicted molar refractivity (Wildman–Crippen MR) is 264 cm³/mol. The number of anilines is 2. The van der Waals surface area contributed by atoms with Crippen LogP contribution in [0.1, 0.15) is 71.4 Å². The number of aromatic nitrogens is 6. The van der Waals surface area contributed by atoms with Crippen LogP contribution >= 0.6 is 0 Å². The van der Waals surface area contributed by atoms with Crippen molar-refractivity contribution in [2.75, 3.05) is 75.2 Å². The van der Waals surface area contributed by atoms with Crippen molar-refractivity contribution in [3.8, 4) is 34.3 Å². The molecule has 4 saturated heterocycles. The molecule has 360 valence electrons. The molecule has 6 fully saturated rings. The highest BCUT2D eigenvalue weighted by Gasteiger charge is 2.33. The van der Waals surface area contributed by atoms with E-state index >= 15 is 0 Å². The van der Waals surface area contributed by atoms with Crippen LogP contribution in [0.15, 0.2) is 73.3 Å². The Bertz CT molecular complexity index is 2840. The van der Waals surface area contributed by atoms with Crippen molar-refractivity contribution >= 4 is 51.2 Å². The number of nitrogens with one attached hydrogen (secondary N) is 3. The topological polar surface area (TPSA) is 177 Å². The van der Waals surface area contributed by atoms with Crippen LogP contribution in [0.3, 0.4) is 0 Å². The van der Waals surface area contributed by atoms with Gasteiger partial charge in [-0.25, -0.2) is 19.9 Å². The first-order valence-electron chi connectivity index (χ1n) is 24.9. The van der Waals surface area contributed by atoms with Gasteiger partial charge in [-0.15, -0.1) is 0 Å². The van der Waals surface area contributed by atoms with Crippen LogP contribution in [0, 0.1) is 11.8 Å². The largest absolute Gasteiger partial charge is 0.473 e. The fourth-order valence-electron chi connectivity index (χ4n) is 10.1. The first-order chi connectivity index (χ1) is 33.6. The number of amides is 3. The first-order valence-corrected chi connectivity index (χ1v) is 24.9. The number of nitrogens with zero attached hydrogens (tertiary/aromatic N) is 9. The van der Waals surface area contributed by atoms with Crippen molar-refractivity contribution in [1.82, 2.24) is 49.9 Å². The second-order valence-corrected chi connectivity index (χ2v) is 19.6. The minimum absolute atomic E-state index is 0.0770. The number of piperazine rings is 2. The summed E-state index contributed by atoms with van der Waals surface area (Å²) in [7, 11) is 0. The van der Waals surface area contributed by atoms with Crippen molar-refractivity contribution < 1.29 is 23.9 Å². The highest BCUT2D eigenvalue weighted by Crippen LogP contribution is 2.42. The van der Waals surface area contributed by atoms with E-state index in [1.807, 2.05) is 37.5 Å². The maximum Gasteiger partial charge on any atom is 0.241 e. The van der Waals surface area contributed by atoms with E-state index in [0.717, 1.165) is 128 Å². The van der Waals surface area contributed by atoms with Crippen molar-refractivity contribution in [2.24, 2.45) is 11.8 Å². The molecule has 8 heterocycles. The van der Waals surface area contributed by atoms with Gasteiger partial charge in [-0.2, -0.15) is 0 Å². The average molecular weight is 935 g/mol. The number of hydrogen-bond donors (Lipinski definition) is 3. The number of rotatable bonds is 12. The molecule has 0 spiro atoms. The van der Waals surface area contributed by atoms with Gasteiger partial charge in [0, 0.05) is 132 Å². The molecule has 12 rings (SSSR count). The zero-order valence-corrected chi connectivity index (χ0v) is 39.8. The highest BCUT2D eigenvalue weighted by atomic mass is 16.5. The molecule has 17 heteroatoms. The van der Waals surface area contributed by atoms with E-state index in [0.29, 0.717) is 49.8 Å². The standard InChI is InChI=1S/C27H32N6O3.C25H30N6O2/c1-17(20-13-25(35)28-15-20)36-27-26-24(29-16-33(26)22-7-8-22)14-23(30-27)19-3-5-21(6-4-19)32-11-9-31(10-12-32)18(2)34;1-16(18-12-23(32)27-14-18)33-25-24-22(28-15-31(24)20-6-7-20)13-21(29-25)17-2-4-19(5-3-17)30-10-8-26-9-11-30/h3-6,14,16-17,20,22H,7-13,15H2,1-2H3,(H,28,35);2-5,13,15-16,18,20,26H,6-12,14H2,1H3,(H,27,32)/t17-,20-;16-,18-/m11/s1. The molecule has 2 aliphatic carbocycles. The second-order valence-electron chi connectivity index (χ2n) is 19.6. The van der Waals surface area contributed by atoms with Crippen molar-refractivity contribution in [3.05, 3.63) is 73.3 Å². The van der Waals surface area contributed by atoms with Crippen LogP contribution in [0.5, 0.6) is 11.8 Å². The van der Waals surface area contributed by atoms with E-state index in [2.05, 4.69) is 89.5 Å². The fraction of sp³-hybridized carbons (Fsp3) is 0.481. The first kappa shape index (κ1) is 44.7. The number of carbonyl (C=O) groups excluding carboxylic acids is 3. The van der Waals surface area contributed by atoms with E-state index in [9.17, 15) is 14.4 Å². The summed E-state index contributed by atoms with van der Waals surface area (Å²) in [4.78, 5) is 61.0. The summed E-state index contributed by atoms with van der Waals surface area (Å²) in [6.45, 7) is 14.2. The van der Waals surface area contributed by atoms with E-state index in [-0.39, 0.29) is 41.8 Å². The molecule has 0 unspecified atom stereocenters. The summed E-state index contributed by atoms with van der Waals surface area (Å²) in [5.41, 5.74) is 9.78. The summed E-state index contributed by atoms with van der Waals surface area (Å²) < 4.78 is 17.3. The molecule has 0 radical (unpaired) electrons. The molecule has 4 aromatic heterocycles. The maximum atomic E-state index is 11.7. The molecule has 2 saturated carbocycles. The lowest BCUT2D eigenvalue weighted by atomic mass is 10.0. The third-order valence-electron chi connectivity index (χ3n) is 14.8. The lowest BCUT2D eigenvalue weighted by Crippen LogP contribution is -2.48. The Kier molecular flexibility index (Phi) is 12.3. The SMILES string of the molecule is CC(=O)N1CCN(c2ccc(-c3cc4ncn(C5CC5)c4c(O[C@H](C)[C@H]4CNC(=O)C4)n3)cc2)CC1.C[C@@H](Oc1nc(-c2ccc(N3CCNCC3)cc2)cc2ncn(C3CC3)c12)[C@H]1CNC(=O)C1. The second kappa shape index (κ2) is 19.0. The Morgan fingerprint density at radius 2 is 1.06 bits per heavy atom. The Morgan fingerprint density at radius 3 is 1.45 bits per heavy atom. The Balaban J connectivity index is 0.000000151. The van der Waals surface area contributed by atoms with Gasteiger partial charge >= 0.3 is 0 Å². The number of pyridine rings is 2. The predicted octanol–water partition coefficient (Wildman–Crippen LogP) is 5.75. The van der Waals surface area contributed by atoms with Crippen LogP contribution < -0.4 is 35.2 Å². The number of ether oxygens (including phenoxy) is 2. The van der Waals surface area contributed by atoms with Crippen molar-refractivity contribution in [1.29, 1.82) is 0 Å². The van der Waals surface area contributed by atoms with Gasteiger partial charge in [0.15, 0.2) is 0 Å². The molecule has 6 aromatic rings. The minimum Gasteiger partial charge on any atom is -0.473 e. The third-order valence-corrected chi connectivity index (χ3v) is 14.8. The molecule has 4 aliphatic heterocycles. The van der Waals surface area contributed by atoms with E-state index in [1.165, 1.54) is 5.69 Å². The van der Waals surface area contributed by atoms with Gasteiger partial charge in [0.1, 0.15) is 23.2 Å². The molecule has 69 heavy (non-hydrogen) atoms. The summed E-state index contributed by atoms with van der Waals surface area (Å²) in [5, 5.41) is 9.22. The van der Waals surface area contributed by atoms with E-state index < -0.39 is 0 Å². The zero-order valence-electron chi connectivity index (χ0n) is 39.8. The molecular weight excluding hydrogens is 873 g/mol. The number of imidazole rings is 2. The summed E-state index contributed by atoms with van der Waals surface area (Å²) >= 11 is 0. The molecule has 3 amide bonds. The summed E-state index contributed by atoms with van der Waals surface area (Å²) in [6.07, 6.45) is 9.15. The number of hydrogen-bond acceptors (Lipinski definition) is 12. The fourth-order valence-corrected chi connectivity index (χ4v) is 10.1. The summed E-state index contributed by atoms with van der Waals surface area (Å²) in [6, 6.07) is 22.1. The van der Waals surface area contributed by atoms with Crippen LogP contribution in [0.2, 0.25) is 0 Å². The van der Waals surface area contributed by atoms with Crippen molar-refractivity contribution in [2.45, 2.75) is 83.6 Å². The van der Waals surface area contributed by atoms with Crippen LogP contribution in [0.25, 0.3) is 44.6 Å². The smallest absolute Gasteiger partial charge is 0.241 e. The van der Waals surface area contributed by atoms with E-state index in [1.54, 1.807) is 6.92 Å². The number of fused-ring (bicyclic) bond motifs is 2. The number of benzene rings is 2. The van der Waals surface area contributed by atoms with Gasteiger partial charge in [0.2, 0.25) is 29.5 Å². The zero-order chi connectivity index (χ0) is 47.2. The monoisotopic (exact) mass is 934 g/mol. The maximum absolute atomic E-state index is 11.7. The molecule has 17 nitrogen and oxygen atoms in total. The molecule has 2 aromatic carbocycles. The van der Waals surface area contributed by atoms with Gasteiger partial charge in [0.25, 0.3) is 0 Å². The number of carbonyl (C=O) groups is 3. The van der Waals surface area contributed by atoms with Gasteiger partial charge < -0.3 is 49.3 Å². The molecule has 0 bridgehead atoms. The normalized spacial score (nSPS) is 21.5. The molecule has 6 aliphatic rings. The Labute approximate surface area is 402 Å². The quantitative estimate of drug-likeness (QED) is 0.136. The lowest BCUT2D eigenvalue weighted by Gasteiger charge is -2.35. The third kappa shape index (κ3) is 9.65. The molecule has 4 atom stereocenters. The molecule has 3 N–H and O–H groups in total. The minimum atomic E-state index is -0.145. The summed E-state index contributed by atoms with van der Waals surface area (Å²) in [5.74, 6) is 1.78.